The van der Waals surface area contributed by atoms with Crippen molar-refractivity contribution in [2.75, 3.05) is 0 Å². The average Bonchev–Trinajstić information content (AvgIpc) is 3.70. The highest BCUT2D eigenvalue weighted by atomic mass is 16.3. The minimum absolute atomic E-state index is 0.0185. The number of aryl methyl sites for hydroxylation is 1. The monoisotopic (exact) mass is 859 g/mol. The fourth-order valence-electron chi connectivity index (χ4n) is 9.82. The van der Waals surface area contributed by atoms with E-state index < -0.39 is 0 Å². The molecule has 2 heterocycles. The molecule has 0 spiro atoms. The van der Waals surface area contributed by atoms with Crippen LogP contribution in [0.25, 0.3) is 83.2 Å². The molecule has 10 rings (SSSR count). The first kappa shape index (κ1) is 42.6. The molecule has 0 saturated carbocycles. The number of aromatic nitrogens is 3. The van der Waals surface area contributed by atoms with Crippen LogP contribution in [0, 0.1) is 6.92 Å². The fourth-order valence-corrected chi connectivity index (χ4v) is 9.82. The maximum Gasteiger partial charge on any atom is 0.149 e. The van der Waals surface area contributed by atoms with E-state index >= 15 is 0 Å². The number of pyridine rings is 1. The number of phenolic OH excluding ortho intramolecular Hbond substituents is 1. The molecule has 4 nitrogen and oxygen atoms in total. The summed E-state index contributed by atoms with van der Waals surface area (Å²) < 4.78 is 2.25. The maximum absolute atomic E-state index is 11.8. The van der Waals surface area contributed by atoms with Gasteiger partial charge in [0.1, 0.15) is 11.6 Å². The van der Waals surface area contributed by atoms with Crippen molar-refractivity contribution in [3.63, 3.8) is 0 Å². The van der Waals surface area contributed by atoms with Gasteiger partial charge in [0, 0.05) is 33.8 Å². The zero-order valence-electron chi connectivity index (χ0n) is 39.5. The van der Waals surface area contributed by atoms with Crippen molar-refractivity contribution in [1.82, 2.24) is 14.5 Å². The van der Waals surface area contributed by atoms with Crippen molar-refractivity contribution in [3.8, 4) is 56.2 Å². The highest BCUT2D eigenvalue weighted by molar-refractivity contribution is 6.05. The second kappa shape index (κ2) is 16.0. The largest absolute Gasteiger partial charge is 0.507 e. The Labute approximate surface area is 389 Å². The first-order valence-electron chi connectivity index (χ1n) is 23.1. The lowest BCUT2D eigenvalue weighted by Gasteiger charge is -2.28. The molecule has 2 aromatic heterocycles. The lowest BCUT2D eigenvalue weighted by molar-refractivity contribution is 0.475. The smallest absolute Gasteiger partial charge is 0.149 e. The van der Waals surface area contributed by atoms with Crippen LogP contribution in [0.1, 0.15) is 83.2 Å². The van der Waals surface area contributed by atoms with Gasteiger partial charge in [0.15, 0.2) is 0 Å². The summed E-state index contributed by atoms with van der Waals surface area (Å²) in [6, 6.07) is 60.8. The Bertz CT molecular complexity index is 3470. The second-order valence-electron chi connectivity index (χ2n) is 20.6. The summed E-state index contributed by atoms with van der Waals surface area (Å²) in [4.78, 5) is 10.7. The van der Waals surface area contributed by atoms with Crippen molar-refractivity contribution < 1.29 is 5.11 Å². The molecule has 326 valence electrons. The summed E-state index contributed by atoms with van der Waals surface area (Å²) in [6.45, 7) is 20.2. The molecule has 0 aliphatic heterocycles. The number of rotatable bonds is 7. The van der Waals surface area contributed by atoms with Crippen molar-refractivity contribution in [2.24, 2.45) is 0 Å². The molecule has 0 aliphatic carbocycles. The SMILES string of the molecule is Cc1ccc(-c2cccc(-c3cc(-c4cccc5ccccc45)cc4c3nc(-c3cc(C(C)(C)C)ccc3O)n4-c3ccc(C(C)(C)C)cc3)c2)c2nccc(C(C)(C)c3ccccc3)c12. The highest BCUT2D eigenvalue weighted by Gasteiger charge is 2.28. The van der Waals surface area contributed by atoms with Gasteiger partial charge in [-0.15, -0.1) is 0 Å². The minimum atomic E-state index is -0.244. The summed E-state index contributed by atoms with van der Waals surface area (Å²) in [5, 5.41) is 15.3. The molecule has 1 N–H and O–H groups in total. The van der Waals surface area contributed by atoms with E-state index in [-0.39, 0.29) is 22.0 Å². The molecule has 0 amide bonds. The number of nitrogens with zero attached hydrogens (tertiary/aromatic N) is 3. The predicted molar refractivity (Wildman–Crippen MR) is 278 cm³/mol. The Morgan fingerprint density at radius 2 is 1.15 bits per heavy atom. The molecule has 66 heavy (non-hydrogen) atoms. The zero-order chi connectivity index (χ0) is 46.1. The Kier molecular flexibility index (Phi) is 10.3. The van der Waals surface area contributed by atoms with E-state index in [9.17, 15) is 5.11 Å². The van der Waals surface area contributed by atoms with E-state index in [1.165, 1.54) is 38.4 Å². The van der Waals surface area contributed by atoms with Crippen LogP contribution in [0.5, 0.6) is 5.75 Å². The van der Waals surface area contributed by atoms with Crippen molar-refractivity contribution in [3.05, 3.63) is 204 Å². The van der Waals surface area contributed by atoms with Crippen LogP contribution >= 0.6 is 0 Å². The van der Waals surface area contributed by atoms with E-state index in [1.807, 2.05) is 18.3 Å². The summed E-state index contributed by atoms with van der Waals surface area (Å²) in [7, 11) is 0. The Balaban J connectivity index is 1.26. The van der Waals surface area contributed by atoms with Crippen molar-refractivity contribution >= 4 is 32.7 Å². The normalized spacial score (nSPS) is 12.4. The number of fused-ring (bicyclic) bond motifs is 3. The summed E-state index contributed by atoms with van der Waals surface area (Å²) in [5.41, 5.74) is 16.6. The second-order valence-corrected chi connectivity index (χ2v) is 20.6. The third-order valence-electron chi connectivity index (χ3n) is 13.7. The topological polar surface area (TPSA) is 50.9 Å². The summed E-state index contributed by atoms with van der Waals surface area (Å²) in [6.07, 6.45) is 1.97. The van der Waals surface area contributed by atoms with Gasteiger partial charge in [0.05, 0.1) is 22.1 Å². The van der Waals surface area contributed by atoms with Gasteiger partial charge in [0.2, 0.25) is 0 Å². The van der Waals surface area contributed by atoms with Gasteiger partial charge in [-0.2, -0.15) is 0 Å². The van der Waals surface area contributed by atoms with Gasteiger partial charge < -0.3 is 5.11 Å². The lowest BCUT2D eigenvalue weighted by atomic mass is 9.76. The van der Waals surface area contributed by atoms with Gasteiger partial charge in [-0.1, -0.05) is 177 Å². The van der Waals surface area contributed by atoms with E-state index in [0.717, 1.165) is 61.2 Å². The Hall–Kier alpha value is -7.30. The van der Waals surface area contributed by atoms with E-state index in [2.05, 4.69) is 225 Å². The first-order chi connectivity index (χ1) is 31.6. The third kappa shape index (κ3) is 7.45. The Morgan fingerprint density at radius 3 is 1.89 bits per heavy atom. The molecule has 0 fully saturated rings. The quantitative estimate of drug-likeness (QED) is 0.174. The van der Waals surface area contributed by atoms with Crippen molar-refractivity contribution in [2.45, 2.75) is 78.6 Å². The fraction of sp³-hybridized carbons (Fsp3) is 0.194. The molecular formula is C62H57N3O. The molecule has 0 radical (unpaired) electrons. The number of imidazole rings is 1. The zero-order valence-corrected chi connectivity index (χ0v) is 39.5. The van der Waals surface area contributed by atoms with Gasteiger partial charge in [0.25, 0.3) is 0 Å². The van der Waals surface area contributed by atoms with Crippen molar-refractivity contribution in [1.29, 1.82) is 0 Å². The molecule has 8 aromatic carbocycles. The number of hydrogen-bond acceptors (Lipinski definition) is 3. The molecule has 0 unspecified atom stereocenters. The van der Waals surface area contributed by atoms with Crippen LogP contribution < -0.4 is 0 Å². The summed E-state index contributed by atoms with van der Waals surface area (Å²) >= 11 is 0. The third-order valence-corrected chi connectivity index (χ3v) is 13.7. The average molecular weight is 860 g/mol. The van der Waals surface area contributed by atoms with Crippen LogP contribution in [0.3, 0.4) is 0 Å². The van der Waals surface area contributed by atoms with E-state index in [1.54, 1.807) is 0 Å². The molecule has 0 saturated heterocycles. The van der Waals surface area contributed by atoms with E-state index in [0.29, 0.717) is 11.4 Å². The van der Waals surface area contributed by atoms with Gasteiger partial charge in [-0.05, 0) is 127 Å². The molecular weight excluding hydrogens is 803 g/mol. The van der Waals surface area contributed by atoms with Gasteiger partial charge in [-0.25, -0.2) is 4.98 Å². The number of phenols is 1. The maximum atomic E-state index is 11.8. The number of benzene rings is 8. The van der Waals surface area contributed by atoms with Crippen LogP contribution in [0.4, 0.5) is 0 Å². The summed E-state index contributed by atoms with van der Waals surface area (Å²) in [5.74, 6) is 0.879. The van der Waals surface area contributed by atoms with Gasteiger partial charge in [-0.3, -0.25) is 9.55 Å². The van der Waals surface area contributed by atoms with E-state index in [4.69, 9.17) is 9.97 Å². The molecule has 10 aromatic rings. The number of hydrogen-bond donors (Lipinski definition) is 1. The van der Waals surface area contributed by atoms with Crippen LogP contribution in [0.2, 0.25) is 0 Å². The Morgan fingerprint density at radius 1 is 0.485 bits per heavy atom. The molecule has 4 heteroatoms. The molecule has 0 atom stereocenters. The molecule has 0 bridgehead atoms. The predicted octanol–water partition coefficient (Wildman–Crippen LogP) is 16.3. The molecule has 0 aliphatic rings. The standard InChI is InChI=1S/C62H57N3O/c1-39-25-31-50(58-56(39)53(33-34-63-58)62(8,9)45-21-11-10-12-22-45)41-19-15-20-42(35-41)51-36-43(49-24-16-18-40-17-13-14-23-48(40)49)37-54-57(51)64-59(52-38-46(61(5,6)7)28-32-55(52)66)65(54)47-29-26-44(27-30-47)60(2,3)4/h10-38,66H,1-9H3. The van der Waals surface area contributed by atoms with Crippen LogP contribution in [-0.4, -0.2) is 19.6 Å². The number of aromatic hydroxyl groups is 1. The highest BCUT2D eigenvalue weighted by Crippen LogP contribution is 2.44. The first-order valence-corrected chi connectivity index (χ1v) is 23.1. The van der Waals surface area contributed by atoms with Gasteiger partial charge >= 0.3 is 0 Å². The lowest BCUT2D eigenvalue weighted by Crippen LogP contribution is -2.19. The minimum Gasteiger partial charge on any atom is -0.507 e. The van der Waals surface area contributed by atoms with Crippen LogP contribution in [0.15, 0.2) is 176 Å². The van der Waals surface area contributed by atoms with Crippen LogP contribution in [-0.2, 0) is 16.2 Å².